The normalized spacial score (nSPS) is 10.8. The van der Waals surface area contributed by atoms with E-state index < -0.39 is 18.0 Å². The van der Waals surface area contributed by atoms with Gasteiger partial charge in [-0.2, -0.15) is 0 Å². The SMILES string of the molecule is COc1ccc(C(OC(=O)C#Cc2ccccc2)C(=O)NCc2ccccc2)cc1. The van der Waals surface area contributed by atoms with Crippen LogP contribution in [0.1, 0.15) is 22.8 Å². The molecule has 150 valence electrons. The summed E-state index contributed by atoms with van der Waals surface area (Å²) >= 11 is 0. The summed E-state index contributed by atoms with van der Waals surface area (Å²) in [6.07, 6.45) is -1.13. The van der Waals surface area contributed by atoms with E-state index in [9.17, 15) is 9.59 Å². The van der Waals surface area contributed by atoms with Crippen molar-refractivity contribution in [3.63, 3.8) is 0 Å². The molecule has 0 saturated heterocycles. The molecule has 0 aromatic heterocycles. The van der Waals surface area contributed by atoms with Crippen LogP contribution in [0.5, 0.6) is 5.75 Å². The molecule has 5 nitrogen and oxygen atoms in total. The molecule has 0 aliphatic heterocycles. The van der Waals surface area contributed by atoms with Crippen LogP contribution >= 0.6 is 0 Å². The largest absolute Gasteiger partial charge is 0.497 e. The molecule has 30 heavy (non-hydrogen) atoms. The highest BCUT2D eigenvalue weighted by Crippen LogP contribution is 2.21. The first-order valence-electron chi connectivity index (χ1n) is 9.39. The molecule has 0 aliphatic carbocycles. The Morgan fingerprint density at radius 2 is 1.53 bits per heavy atom. The average molecular weight is 399 g/mol. The number of hydrogen-bond acceptors (Lipinski definition) is 4. The molecule has 0 aliphatic rings. The predicted molar refractivity (Wildman–Crippen MR) is 113 cm³/mol. The fourth-order valence-corrected chi connectivity index (χ4v) is 2.71. The van der Waals surface area contributed by atoms with Crippen molar-refractivity contribution >= 4 is 11.9 Å². The fraction of sp³-hybridized carbons (Fsp3) is 0.120. The first-order valence-corrected chi connectivity index (χ1v) is 9.39. The van der Waals surface area contributed by atoms with Gasteiger partial charge in [-0.3, -0.25) is 4.79 Å². The second kappa shape index (κ2) is 10.5. The van der Waals surface area contributed by atoms with Crippen LogP contribution in [0, 0.1) is 11.8 Å². The summed E-state index contributed by atoms with van der Waals surface area (Å²) in [5.41, 5.74) is 2.15. The number of amides is 1. The zero-order chi connectivity index (χ0) is 21.2. The van der Waals surface area contributed by atoms with Gasteiger partial charge in [0, 0.05) is 23.6 Å². The van der Waals surface area contributed by atoms with Gasteiger partial charge in [0.2, 0.25) is 6.10 Å². The van der Waals surface area contributed by atoms with Crippen molar-refractivity contribution < 1.29 is 19.1 Å². The first-order chi connectivity index (χ1) is 14.7. The third-order valence-corrected chi connectivity index (χ3v) is 4.27. The summed E-state index contributed by atoms with van der Waals surface area (Å²) < 4.78 is 10.6. The monoisotopic (exact) mass is 399 g/mol. The molecule has 0 bridgehead atoms. The summed E-state index contributed by atoms with van der Waals surface area (Å²) in [5.74, 6) is 4.60. The van der Waals surface area contributed by atoms with Gasteiger partial charge in [0.15, 0.2) is 0 Å². The lowest BCUT2D eigenvalue weighted by molar-refractivity contribution is -0.151. The summed E-state index contributed by atoms with van der Waals surface area (Å²) in [6, 6.07) is 25.3. The summed E-state index contributed by atoms with van der Waals surface area (Å²) in [5, 5.41) is 2.81. The zero-order valence-electron chi connectivity index (χ0n) is 16.5. The highest BCUT2D eigenvalue weighted by atomic mass is 16.5. The average Bonchev–Trinajstić information content (AvgIpc) is 2.81. The molecule has 5 heteroatoms. The van der Waals surface area contributed by atoms with Gasteiger partial charge in [0.05, 0.1) is 7.11 Å². The van der Waals surface area contributed by atoms with Gasteiger partial charge in [0.25, 0.3) is 5.91 Å². The van der Waals surface area contributed by atoms with Gasteiger partial charge in [-0.1, -0.05) is 66.6 Å². The van der Waals surface area contributed by atoms with E-state index in [2.05, 4.69) is 17.2 Å². The number of rotatable bonds is 6. The molecule has 0 fully saturated rings. The molecule has 3 rings (SSSR count). The number of carbonyl (C=O) groups is 2. The second-order valence-electron chi connectivity index (χ2n) is 6.38. The molecular weight excluding hydrogens is 378 g/mol. The van der Waals surface area contributed by atoms with Crippen molar-refractivity contribution in [3.8, 4) is 17.6 Å². The number of benzene rings is 3. The Hall–Kier alpha value is -4.04. The maximum atomic E-state index is 12.8. The van der Waals surface area contributed by atoms with Crippen LogP contribution in [0.4, 0.5) is 0 Å². The number of ether oxygens (including phenoxy) is 2. The van der Waals surface area contributed by atoms with Gasteiger partial charge >= 0.3 is 5.97 Å². The summed E-state index contributed by atoms with van der Waals surface area (Å²) in [4.78, 5) is 25.1. The van der Waals surface area contributed by atoms with E-state index in [1.807, 2.05) is 48.5 Å². The van der Waals surface area contributed by atoms with E-state index in [1.165, 1.54) is 0 Å². The molecule has 0 spiro atoms. The number of methoxy groups -OCH3 is 1. The first kappa shape index (κ1) is 20.7. The fourth-order valence-electron chi connectivity index (χ4n) is 2.71. The van der Waals surface area contributed by atoms with Crippen LogP contribution in [0.3, 0.4) is 0 Å². The number of carbonyl (C=O) groups excluding carboxylic acids is 2. The maximum Gasteiger partial charge on any atom is 0.385 e. The molecule has 3 aromatic carbocycles. The minimum Gasteiger partial charge on any atom is -0.497 e. The molecule has 1 N–H and O–H groups in total. The van der Waals surface area contributed by atoms with Crippen molar-refractivity contribution in [2.24, 2.45) is 0 Å². The molecule has 0 heterocycles. The molecular formula is C25H21NO4. The zero-order valence-corrected chi connectivity index (χ0v) is 16.5. The van der Waals surface area contributed by atoms with Crippen LogP contribution in [0.2, 0.25) is 0 Å². The van der Waals surface area contributed by atoms with E-state index >= 15 is 0 Å². The number of nitrogens with one attached hydrogen (secondary N) is 1. The van der Waals surface area contributed by atoms with Gasteiger partial charge in [-0.25, -0.2) is 4.79 Å². The molecule has 0 radical (unpaired) electrons. The van der Waals surface area contributed by atoms with Crippen LogP contribution in [0.15, 0.2) is 84.9 Å². The van der Waals surface area contributed by atoms with Gasteiger partial charge in [-0.05, 0) is 29.8 Å². The van der Waals surface area contributed by atoms with Gasteiger partial charge in [0.1, 0.15) is 5.75 Å². The van der Waals surface area contributed by atoms with Crippen LogP contribution < -0.4 is 10.1 Å². The van der Waals surface area contributed by atoms with Crippen molar-refractivity contribution in [2.45, 2.75) is 12.6 Å². The Morgan fingerprint density at radius 3 is 2.17 bits per heavy atom. The smallest absolute Gasteiger partial charge is 0.385 e. The Labute approximate surface area is 175 Å². The molecule has 1 unspecified atom stereocenters. The van der Waals surface area contributed by atoms with Crippen LogP contribution in [0.25, 0.3) is 0 Å². The van der Waals surface area contributed by atoms with E-state index in [0.717, 1.165) is 5.56 Å². The van der Waals surface area contributed by atoms with E-state index in [0.29, 0.717) is 23.4 Å². The van der Waals surface area contributed by atoms with E-state index in [4.69, 9.17) is 9.47 Å². The number of hydrogen-bond donors (Lipinski definition) is 1. The Morgan fingerprint density at radius 1 is 0.900 bits per heavy atom. The Kier molecular flexibility index (Phi) is 7.23. The molecule has 3 aromatic rings. The molecule has 1 amide bonds. The predicted octanol–water partition coefficient (Wildman–Crippen LogP) is 3.65. The minimum absolute atomic E-state index is 0.319. The van der Waals surface area contributed by atoms with Gasteiger partial charge in [-0.15, -0.1) is 0 Å². The lowest BCUT2D eigenvalue weighted by Crippen LogP contribution is -2.31. The van der Waals surface area contributed by atoms with Gasteiger partial charge < -0.3 is 14.8 Å². The summed E-state index contributed by atoms with van der Waals surface area (Å²) in [7, 11) is 1.55. The minimum atomic E-state index is -1.13. The van der Waals surface area contributed by atoms with Crippen molar-refractivity contribution in [1.82, 2.24) is 5.32 Å². The maximum absolute atomic E-state index is 12.8. The third-order valence-electron chi connectivity index (χ3n) is 4.27. The third kappa shape index (κ3) is 5.98. The lowest BCUT2D eigenvalue weighted by atomic mass is 10.1. The van der Waals surface area contributed by atoms with Crippen molar-refractivity contribution in [2.75, 3.05) is 7.11 Å². The Bertz CT molecular complexity index is 1040. The van der Waals surface area contributed by atoms with Crippen LogP contribution in [-0.2, 0) is 20.9 Å². The topological polar surface area (TPSA) is 64.6 Å². The summed E-state index contributed by atoms with van der Waals surface area (Å²) in [6.45, 7) is 0.319. The van der Waals surface area contributed by atoms with Crippen molar-refractivity contribution in [1.29, 1.82) is 0 Å². The van der Waals surface area contributed by atoms with E-state index in [1.54, 1.807) is 43.5 Å². The Balaban J connectivity index is 1.75. The van der Waals surface area contributed by atoms with Crippen molar-refractivity contribution in [3.05, 3.63) is 102 Å². The molecule has 1 atom stereocenters. The highest BCUT2D eigenvalue weighted by Gasteiger charge is 2.24. The van der Waals surface area contributed by atoms with Crippen LogP contribution in [-0.4, -0.2) is 19.0 Å². The van der Waals surface area contributed by atoms with E-state index in [-0.39, 0.29) is 0 Å². The lowest BCUT2D eigenvalue weighted by Gasteiger charge is -2.17. The second-order valence-corrected chi connectivity index (χ2v) is 6.38. The molecule has 0 saturated carbocycles. The highest BCUT2D eigenvalue weighted by molar-refractivity contribution is 5.92. The quantitative estimate of drug-likeness (QED) is 0.508. The standard InChI is InChI=1S/C25H21NO4/c1-29-22-15-13-21(14-16-22)24(25(28)26-18-20-10-6-3-7-11-20)30-23(27)17-12-19-8-4-2-5-9-19/h2-11,13-16,24H,18H2,1H3,(H,26,28). The number of esters is 1.